The van der Waals surface area contributed by atoms with Crippen molar-refractivity contribution in [2.24, 2.45) is 0 Å². The summed E-state index contributed by atoms with van der Waals surface area (Å²) < 4.78 is 4.44. The largest absolute Gasteiger partial charge is 0.463 e. The minimum atomic E-state index is 0.172. The summed E-state index contributed by atoms with van der Waals surface area (Å²) in [5.74, 6) is 0.432. The normalized spacial score (nSPS) is 9.20. The number of H-pyrrole nitrogens is 1. The molecule has 3 N–H and O–H groups in total. The maximum absolute atomic E-state index is 9.72. The quantitative estimate of drug-likeness (QED) is 0.564. The highest BCUT2D eigenvalue weighted by atomic mass is 16.5. The highest BCUT2D eigenvalue weighted by Gasteiger charge is 1.98. The van der Waals surface area contributed by atoms with Crippen LogP contribution in [-0.2, 0) is 16.1 Å². The first-order valence-corrected chi connectivity index (χ1v) is 2.67. The molecular weight excluding hydrogens is 134 g/mol. The van der Waals surface area contributed by atoms with Crippen LogP contribution in [0.5, 0.6) is 0 Å². The van der Waals surface area contributed by atoms with E-state index in [9.17, 15) is 4.79 Å². The molecule has 0 aromatic carbocycles. The molecule has 54 valence electrons. The van der Waals surface area contributed by atoms with Crippen LogP contribution in [0.4, 0.5) is 5.82 Å². The number of carbonyl (C=O) groups is 1. The molecule has 0 spiro atoms. The Bertz CT molecular complexity index is 220. The first kappa shape index (κ1) is 6.60. The maximum Gasteiger partial charge on any atom is 0.293 e. The van der Waals surface area contributed by atoms with Crippen LogP contribution >= 0.6 is 0 Å². The number of rotatable bonds is 3. The molecule has 0 fully saturated rings. The highest BCUT2D eigenvalue weighted by molar-refractivity contribution is 5.40. The molecule has 10 heavy (non-hydrogen) atoms. The molecule has 1 rings (SSSR count). The highest BCUT2D eigenvalue weighted by Crippen LogP contribution is 2.05. The Hall–Kier alpha value is -1.52. The number of hydrogen-bond donors (Lipinski definition) is 2. The second-order valence-corrected chi connectivity index (χ2v) is 1.72. The third kappa shape index (κ3) is 1.25. The molecular formula is C5H7N3O2. The van der Waals surface area contributed by atoms with Crippen LogP contribution in [0.25, 0.3) is 0 Å². The summed E-state index contributed by atoms with van der Waals surface area (Å²) in [5, 5.41) is 6.14. The lowest BCUT2D eigenvalue weighted by Crippen LogP contribution is -1.93. The summed E-state index contributed by atoms with van der Waals surface area (Å²) in [6.45, 7) is 0.540. The molecule has 0 atom stereocenters. The summed E-state index contributed by atoms with van der Waals surface area (Å²) in [7, 11) is 0. The summed E-state index contributed by atoms with van der Waals surface area (Å²) >= 11 is 0. The molecule has 0 aliphatic rings. The first-order chi connectivity index (χ1) is 4.84. The molecule has 0 aliphatic heterocycles. The van der Waals surface area contributed by atoms with Crippen molar-refractivity contribution in [3.05, 3.63) is 11.8 Å². The molecule has 5 nitrogen and oxygen atoms in total. The predicted octanol–water partition coefficient (Wildman–Crippen LogP) is -0.335. The number of carbonyl (C=O) groups excluding carboxylic acids is 1. The zero-order valence-electron chi connectivity index (χ0n) is 5.20. The van der Waals surface area contributed by atoms with Crippen LogP contribution in [0.3, 0.4) is 0 Å². The molecule has 0 bridgehead atoms. The van der Waals surface area contributed by atoms with E-state index in [0.29, 0.717) is 17.9 Å². The number of aromatic amines is 1. The average molecular weight is 141 g/mol. The van der Waals surface area contributed by atoms with E-state index in [1.165, 1.54) is 6.20 Å². The Morgan fingerprint density at radius 3 is 3.20 bits per heavy atom. The lowest BCUT2D eigenvalue weighted by Gasteiger charge is -1.93. The third-order valence-electron chi connectivity index (χ3n) is 1.06. The monoisotopic (exact) mass is 141 g/mol. The number of nitrogen functional groups attached to an aromatic ring is 1. The summed E-state index contributed by atoms with van der Waals surface area (Å²) in [6, 6.07) is 0. The number of ether oxygens (including phenoxy) is 1. The second kappa shape index (κ2) is 2.86. The smallest absolute Gasteiger partial charge is 0.293 e. The molecule has 1 aromatic rings. The standard InChI is InChI=1S/C5H7N3O2/c6-5-4(1-7-8-5)2-10-3-9/h1,3H,2H2,(H3,6,7,8). The van der Waals surface area contributed by atoms with Gasteiger partial charge >= 0.3 is 0 Å². The van der Waals surface area contributed by atoms with Gasteiger partial charge in [-0.2, -0.15) is 5.10 Å². The Kier molecular flexibility index (Phi) is 1.89. The van der Waals surface area contributed by atoms with Gasteiger partial charge in [-0.1, -0.05) is 0 Å². The third-order valence-corrected chi connectivity index (χ3v) is 1.06. The topological polar surface area (TPSA) is 81.0 Å². The van der Waals surface area contributed by atoms with Crippen LogP contribution in [0.2, 0.25) is 0 Å². The van der Waals surface area contributed by atoms with Gasteiger partial charge in [0.05, 0.1) is 11.8 Å². The molecule has 0 saturated carbocycles. The van der Waals surface area contributed by atoms with Crippen molar-refractivity contribution in [1.82, 2.24) is 10.2 Å². The lowest BCUT2D eigenvalue weighted by atomic mass is 10.3. The van der Waals surface area contributed by atoms with Crippen molar-refractivity contribution in [2.45, 2.75) is 6.61 Å². The van der Waals surface area contributed by atoms with Crippen LogP contribution in [0, 0.1) is 0 Å². The molecule has 0 aliphatic carbocycles. The summed E-state index contributed by atoms with van der Waals surface area (Å²) in [5.41, 5.74) is 6.05. The van der Waals surface area contributed by atoms with Crippen molar-refractivity contribution >= 4 is 12.3 Å². The van der Waals surface area contributed by atoms with Gasteiger partial charge in [0, 0.05) is 0 Å². The number of anilines is 1. The minimum absolute atomic E-state index is 0.172. The van der Waals surface area contributed by atoms with E-state index >= 15 is 0 Å². The van der Waals surface area contributed by atoms with Gasteiger partial charge in [-0.3, -0.25) is 9.89 Å². The van der Waals surface area contributed by atoms with Gasteiger partial charge in [-0.15, -0.1) is 0 Å². The Labute approximate surface area is 57.2 Å². The minimum Gasteiger partial charge on any atom is -0.463 e. The zero-order valence-corrected chi connectivity index (χ0v) is 5.20. The Morgan fingerprint density at radius 2 is 2.70 bits per heavy atom. The maximum atomic E-state index is 9.72. The zero-order chi connectivity index (χ0) is 7.40. The number of nitrogens with two attached hydrogens (primary N) is 1. The van der Waals surface area contributed by atoms with Gasteiger partial charge < -0.3 is 10.5 Å². The molecule has 0 amide bonds. The van der Waals surface area contributed by atoms with Crippen molar-refractivity contribution in [2.75, 3.05) is 5.73 Å². The molecule has 0 unspecified atom stereocenters. The lowest BCUT2D eigenvalue weighted by molar-refractivity contribution is -0.129. The fraction of sp³-hybridized carbons (Fsp3) is 0.200. The SMILES string of the molecule is Nc1[nH]ncc1COC=O. The molecule has 1 heterocycles. The van der Waals surface area contributed by atoms with Gasteiger partial charge in [-0.25, -0.2) is 0 Å². The average Bonchev–Trinajstić information content (AvgIpc) is 2.31. The van der Waals surface area contributed by atoms with Crippen LogP contribution in [0.1, 0.15) is 5.56 Å². The van der Waals surface area contributed by atoms with Crippen LogP contribution in [0.15, 0.2) is 6.20 Å². The number of hydrogen-bond acceptors (Lipinski definition) is 4. The van der Waals surface area contributed by atoms with Crippen molar-refractivity contribution in [3.8, 4) is 0 Å². The van der Waals surface area contributed by atoms with Gasteiger partial charge in [0.2, 0.25) is 0 Å². The van der Waals surface area contributed by atoms with Crippen molar-refractivity contribution < 1.29 is 9.53 Å². The number of aromatic nitrogens is 2. The molecule has 0 radical (unpaired) electrons. The van der Waals surface area contributed by atoms with Crippen molar-refractivity contribution in [1.29, 1.82) is 0 Å². The van der Waals surface area contributed by atoms with Crippen LogP contribution in [-0.4, -0.2) is 16.7 Å². The van der Waals surface area contributed by atoms with E-state index in [0.717, 1.165) is 0 Å². The van der Waals surface area contributed by atoms with Gasteiger partial charge in [-0.05, 0) is 0 Å². The van der Waals surface area contributed by atoms with Gasteiger partial charge in [0.25, 0.3) is 6.47 Å². The fourth-order valence-corrected chi connectivity index (χ4v) is 0.560. The summed E-state index contributed by atoms with van der Waals surface area (Å²) in [4.78, 5) is 9.72. The second-order valence-electron chi connectivity index (χ2n) is 1.72. The molecule has 0 saturated heterocycles. The molecule has 5 heteroatoms. The van der Waals surface area contributed by atoms with E-state index in [1.54, 1.807) is 0 Å². The number of nitrogens with one attached hydrogen (secondary N) is 1. The van der Waals surface area contributed by atoms with Crippen molar-refractivity contribution in [3.63, 3.8) is 0 Å². The fourth-order valence-electron chi connectivity index (χ4n) is 0.560. The van der Waals surface area contributed by atoms with E-state index < -0.39 is 0 Å². The number of nitrogens with zero attached hydrogens (tertiary/aromatic N) is 1. The van der Waals surface area contributed by atoms with E-state index in [1.807, 2.05) is 0 Å². The van der Waals surface area contributed by atoms with E-state index in [2.05, 4.69) is 14.9 Å². The van der Waals surface area contributed by atoms with Gasteiger partial charge in [0.15, 0.2) is 0 Å². The Morgan fingerprint density at radius 1 is 1.90 bits per heavy atom. The Balaban J connectivity index is 2.56. The molecule has 1 aromatic heterocycles. The van der Waals surface area contributed by atoms with E-state index in [4.69, 9.17) is 5.73 Å². The van der Waals surface area contributed by atoms with E-state index in [-0.39, 0.29) is 6.61 Å². The first-order valence-electron chi connectivity index (χ1n) is 2.67. The van der Waals surface area contributed by atoms with Gasteiger partial charge in [0.1, 0.15) is 12.4 Å². The predicted molar refractivity (Wildman–Crippen MR) is 33.9 cm³/mol. The summed E-state index contributed by atoms with van der Waals surface area (Å²) in [6.07, 6.45) is 1.51. The van der Waals surface area contributed by atoms with Crippen LogP contribution < -0.4 is 5.73 Å².